The van der Waals surface area contributed by atoms with E-state index < -0.39 is 0 Å². The van der Waals surface area contributed by atoms with Crippen LogP contribution in [0.5, 0.6) is 0 Å². The van der Waals surface area contributed by atoms with Gasteiger partial charge in [0.15, 0.2) is 0 Å². The van der Waals surface area contributed by atoms with Crippen LogP contribution < -0.4 is 0 Å². The molecule has 68 valence electrons. The zero-order valence-corrected chi connectivity index (χ0v) is 8.76. The summed E-state index contributed by atoms with van der Waals surface area (Å²) in [7, 11) is 8.54. The van der Waals surface area contributed by atoms with Gasteiger partial charge in [0.2, 0.25) is 0 Å². The smallest absolute Gasteiger partial charge is 0.0239 e. The Balaban J connectivity index is 3.90. The minimum atomic E-state index is 0.671. The molecule has 0 heterocycles. The van der Waals surface area contributed by atoms with Crippen molar-refractivity contribution < 1.29 is 0 Å². The van der Waals surface area contributed by atoms with Gasteiger partial charge in [0.1, 0.15) is 0 Å². The number of hydrogen-bond donors (Lipinski definition) is 0. The zero-order chi connectivity index (χ0) is 9.02. The van der Waals surface area contributed by atoms with Crippen LogP contribution in [0.15, 0.2) is 0 Å². The summed E-state index contributed by atoms with van der Waals surface area (Å²) in [6.07, 6.45) is 0. The lowest BCUT2D eigenvalue weighted by Gasteiger charge is -2.30. The van der Waals surface area contributed by atoms with Crippen molar-refractivity contribution in [1.29, 1.82) is 0 Å². The fourth-order valence-corrected chi connectivity index (χ4v) is 1.34. The molecular weight excluding hydrogens is 136 g/mol. The maximum absolute atomic E-state index is 2.30. The minimum Gasteiger partial charge on any atom is -0.308 e. The molecule has 0 aromatic heterocycles. The largest absolute Gasteiger partial charge is 0.308 e. The van der Waals surface area contributed by atoms with Gasteiger partial charge in [-0.2, -0.15) is 0 Å². The minimum absolute atomic E-state index is 0.671. The van der Waals surface area contributed by atoms with E-state index in [-0.39, 0.29) is 0 Å². The molecule has 0 unspecified atom stereocenters. The van der Waals surface area contributed by atoms with E-state index in [1.54, 1.807) is 0 Å². The quantitative estimate of drug-likeness (QED) is 0.605. The van der Waals surface area contributed by atoms with Gasteiger partial charge in [0, 0.05) is 12.6 Å². The van der Waals surface area contributed by atoms with E-state index in [1.807, 2.05) is 0 Å². The summed E-state index contributed by atoms with van der Waals surface area (Å²) in [5.74, 6) is 0.729. The Kier molecular flexibility index (Phi) is 4.69. The maximum atomic E-state index is 2.30. The Bertz CT molecular complexity index is 89.7. The van der Waals surface area contributed by atoms with Gasteiger partial charge in [-0.05, 0) is 34.1 Å². The van der Waals surface area contributed by atoms with Crippen molar-refractivity contribution in [1.82, 2.24) is 9.80 Å². The monoisotopic (exact) mass is 158 g/mol. The van der Waals surface area contributed by atoms with Gasteiger partial charge in [-0.25, -0.2) is 0 Å². The van der Waals surface area contributed by atoms with Gasteiger partial charge in [-0.3, -0.25) is 0 Å². The van der Waals surface area contributed by atoms with E-state index in [4.69, 9.17) is 0 Å². The number of hydrogen-bond acceptors (Lipinski definition) is 2. The van der Waals surface area contributed by atoms with Gasteiger partial charge in [-0.1, -0.05) is 13.8 Å². The van der Waals surface area contributed by atoms with E-state index >= 15 is 0 Å². The van der Waals surface area contributed by atoms with E-state index in [0.717, 1.165) is 12.5 Å². The van der Waals surface area contributed by atoms with Crippen LogP contribution in [0.25, 0.3) is 0 Å². The molecule has 0 amide bonds. The standard InChI is InChI=1S/C9H22N2/c1-8(2)9(11(5)6)7-10(3)4/h8-9H,7H2,1-6H3/t9-/m1/s1. The third-order valence-electron chi connectivity index (χ3n) is 1.99. The average molecular weight is 158 g/mol. The predicted molar refractivity (Wildman–Crippen MR) is 50.9 cm³/mol. The Morgan fingerprint density at radius 2 is 1.45 bits per heavy atom. The van der Waals surface area contributed by atoms with Crippen LogP contribution in [0.3, 0.4) is 0 Å². The van der Waals surface area contributed by atoms with Crippen molar-refractivity contribution in [2.24, 2.45) is 5.92 Å². The van der Waals surface area contributed by atoms with Crippen LogP contribution in [0, 0.1) is 5.92 Å². The fraction of sp³-hybridized carbons (Fsp3) is 1.00. The lowest BCUT2D eigenvalue weighted by molar-refractivity contribution is 0.182. The molecule has 0 N–H and O–H groups in total. The molecule has 0 aromatic rings. The topological polar surface area (TPSA) is 6.48 Å². The summed E-state index contributed by atoms with van der Waals surface area (Å²) >= 11 is 0. The molecule has 2 heteroatoms. The van der Waals surface area contributed by atoms with E-state index in [2.05, 4.69) is 51.8 Å². The number of rotatable bonds is 4. The molecule has 0 aromatic carbocycles. The molecule has 0 saturated heterocycles. The van der Waals surface area contributed by atoms with Gasteiger partial charge in [-0.15, -0.1) is 0 Å². The fourth-order valence-electron chi connectivity index (χ4n) is 1.34. The molecule has 1 atom stereocenters. The molecule has 0 aliphatic carbocycles. The highest BCUT2D eigenvalue weighted by atomic mass is 15.2. The Morgan fingerprint density at radius 3 is 1.55 bits per heavy atom. The van der Waals surface area contributed by atoms with Crippen LogP contribution in [-0.2, 0) is 0 Å². The summed E-state index contributed by atoms with van der Waals surface area (Å²) in [5, 5.41) is 0. The van der Waals surface area contributed by atoms with E-state index in [1.165, 1.54) is 0 Å². The van der Waals surface area contributed by atoms with Gasteiger partial charge in [0.05, 0.1) is 0 Å². The van der Waals surface area contributed by atoms with Crippen molar-refractivity contribution in [3.8, 4) is 0 Å². The van der Waals surface area contributed by atoms with Gasteiger partial charge < -0.3 is 9.80 Å². The van der Waals surface area contributed by atoms with Crippen molar-refractivity contribution >= 4 is 0 Å². The van der Waals surface area contributed by atoms with E-state index in [9.17, 15) is 0 Å². The zero-order valence-electron chi connectivity index (χ0n) is 8.76. The second kappa shape index (κ2) is 4.73. The molecule has 0 rings (SSSR count). The van der Waals surface area contributed by atoms with E-state index in [0.29, 0.717) is 6.04 Å². The molecule has 0 radical (unpaired) electrons. The molecule has 0 saturated carbocycles. The summed E-state index contributed by atoms with van der Waals surface area (Å²) in [5.41, 5.74) is 0. The Labute approximate surface area is 71.2 Å². The van der Waals surface area contributed by atoms with Crippen LogP contribution in [0.1, 0.15) is 13.8 Å². The maximum Gasteiger partial charge on any atom is 0.0239 e. The molecule has 11 heavy (non-hydrogen) atoms. The first-order chi connectivity index (χ1) is 4.95. The Hall–Kier alpha value is -0.0800. The highest BCUT2D eigenvalue weighted by molar-refractivity contribution is 4.71. The lowest BCUT2D eigenvalue weighted by Crippen LogP contribution is -2.41. The average Bonchev–Trinajstić information content (AvgIpc) is 1.81. The summed E-state index contributed by atoms with van der Waals surface area (Å²) in [4.78, 5) is 4.54. The van der Waals surface area contributed by atoms with Gasteiger partial charge in [0.25, 0.3) is 0 Å². The third-order valence-corrected chi connectivity index (χ3v) is 1.99. The molecule has 0 spiro atoms. The van der Waals surface area contributed by atoms with Crippen molar-refractivity contribution in [3.63, 3.8) is 0 Å². The second-order valence-corrected chi connectivity index (χ2v) is 4.04. The molecular formula is C9H22N2. The summed E-state index contributed by atoms with van der Waals surface area (Å²) in [6.45, 7) is 5.69. The normalized spacial score (nSPS) is 15.0. The highest BCUT2D eigenvalue weighted by Gasteiger charge is 2.15. The van der Waals surface area contributed by atoms with Crippen LogP contribution in [-0.4, -0.2) is 50.6 Å². The van der Waals surface area contributed by atoms with Crippen LogP contribution >= 0.6 is 0 Å². The Morgan fingerprint density at radius 1 is 1.00 bits per heavy atom. The number of likely N-dealkylation sites (N-methyl/N-ethyl adjacent to an activating group) is 2. The van der Waals surface area contributed by atoms with Crippen LogP contribution in [0.4, 0.5) is 0 Å². The lowest BCUT2D eigenvalue weighted by atomic mass is 10.0. The first-order valence-corrected chi connectivity index (χ1v) is 4.26. The summed E-state index contributed by atoms with van der Waals surface area (Å²) in [6, 6.07) is 0.671. The molecule has 0 aliphatic rings. The second-order valence-electron chi connectivity index (χ2n) is 4.04. The predicted octanol–water partition coefficient (Wildman–Crippen LogP) is 1.13. The SMILES string of the molecule is CC(C)[C@@H](CN(C)C)N(C)C. The molecule has 0 bridgehead atoms. The van der Waals surface area contributed by atoms with Crippen LogP contribution in [0.2, 0.25) is 0 Å². The third kappa shape index (κ3) is 4.38. The highest BCUT2D eigenvalue weighted by Crippen LogP contribution is 2.07. The van der Waals surface area contributed by atoms with Gasteiger partial charge >= 0.3 is 0 Å². The molecule has 0 aliphatic heterocycles. The van der Waals surface area contributed by atoms with Crippen molar-refractivity contribution in [2.75, 3.05) is 34.7 Å². The molecule has 0 fully saturated rings. The molecule has 2 nitrogen and oxygen atoms in total. The van der Waals surface area contributed by atoms with Crippen molar-refractivity contribution in [3.05, 3.63) is 0 Å². The summed E-state index contributed by atoms with van der Waals surface area (Å²) < 4.78 is 0. The number of nitrogens with zero attached hydrogens (tertiary/aromatic N) is 2. The first-order valence-electron chi connectivity index (χ1n) is 4.26. The first kappa shape index (κ1) is 10.9. The van der Waals surface area contributed by atoms with Crippen molar-refractivity contribution in [2.45, 2.75) is 19.9 Å².